The molecule has 0 heterocycles. The molecule has 0 saturated carbocycles. The van der Waals surface area contributed by atoms with Gasteiger partial charge in [-0.15, -0.1) is 5.11 Å². The molecule has 0 bridgehead atoms. The van der Waals surface area contributed by atoms with Crippen molar-refractivity contribution in [3.63, 3.8) is 0 Å². The van der Waals surface area contributed by atoms with Gasteiger partial charge in [0.2, 0.25) is 0 Å². The summed E-state index contributed by atoms with van der Waals surface area (Å²) in [7, 11) is -8.77. The number of hydrogen-bond acceptors (Lipinski definition) is 9. The molecule has 37 heavy (non-hydrogen) atoms. The number of azo groups is 2. The molecule has 0 aliphatic heterocycles. The number of nitrogens with zero attached hydrogens (tertiary/aromatic N) is 4. The first-order chi connectivity index (χ1) is 17.3. The Morgan fingerprint density at radius 1 is 0.703 bits per heavy atom. The van der Waals surface area contributed by atoms with Crippen LogP contribution in [0.2, 0.25) is 0 Å². The molecule has 3 N–H and O–H groups in total. The van der Waals surface area contributed by atoms with Crippen molar-refractivity contribution in [2.75, 3.05) is 0 Å². The van der Waals surface area contributed by atoms with Crippen molar-refractivity contribution in [2.24, 2.45) is 20.5 Å². The van der Waals surface area contributed by atoms with Crippen LogP contribution in [0.4, 0.5) is 22.7 Å². The van der Waals surface area contributed by atoms with E-state index in [1.54, 1.807) is 31.2 Å². The molecule has 0 spiro atoms. The highest BCUT2D eigenvalue weighted by atomic mass is 32.2. The van der Waals surface area contributed by atoms with E-state index in [0.29, 0.717) is 27.7 Å². The van der Waals surface area contributed by atoms with Crippen LogP contribution in [0.3, 0.4) is 0 Å². The third-order valence-corrected chi connectivity index (χ3v) is 7.33. The Bertz CT molecular complexity index is 1820. The van der Waals surface area contributed by atoms with Crippen molar-refractivity contribution in [3.8, 4) is 5.75 Å². The van der Waals surface area contributed by atoms with Crippen LogP contribution in [0.25, 0.3) is 10.8 Å². The maximum Gasteiger partial charge on any atom is 0.294 e. The van der Waals surface area contributed by atoms with E-state index in [2.05, 4.69) is 20.5 Å². The standard InChI is InChI=1S/C24H20N4O7S2/c1-14-12-17(25-27-21-4-3-5-23(15(21)2)37(33,34)35)7-10-20(14)26-28-24-19-9-8-18(36(30,31)32)13-16(19)6-11-22(24)29/h3-13,29H,1-2H3,(H,30,31,32)(H,33,34,35). The van der Waals surface area contributed by atoms with Crippen molar-refractivity contribution in [1.29, 1.82) is 0 Å². The monoisotopic (exact) mass is 540 g/mol. The van der Waals surface area contributed by atoms with Crippen molar-refractivity contribution in [3.05, 3.63) is 77.9 Å². The lowest BCUT2D eigenvalue weighted by Crippen LogP contribution is -2.00. The van der Waals surface area contributed by atoms with E-state index in [0.717, 1.165) is 0 Å². The second kappa shape index (κ2) is 9.78. The molecule has 0 aliphatic rings. The summed E-state index contributed by atoms with van der Waals surface area (Å²) in [4.78, 5) is -0.532. The lowest BCUT2D eigenvalue weighted by Gasteiger charge is -2.06. The van der Waals surface area contributed by atoms with E-state index < -0.39 is 20.2 Å². The molecule has 4 rings (SSSR count). The van der Waals surface area contributed by atoms with E-state index in [1.165, 1.54) is 49.4 Å². The number of hydrogen-bond donors (Lipinski definition) is 3. The number of benzene rings is 4. The fraction of sp³-hybridized carbons (Fsp3) is 0.0833. The Kier molecular flexibility index (Phi) is 6.88. The SMILES string of the molecule is Cc1cc(N=Nc2cccc(S(=O)(=O)O)c2C)ccc1N=Nc1c(O)ccc2cc(S(=O)(=O)O)ccc12. The first-order valence-corrected chi connectivity index (χ1v) is 13.5. The van der Waals surface area contributed by atoms with Crippen LogP contribution in [0.15, 0.2) is 97.0 Å². The Labute approximate surface area is 212 Å². The minimum absolute atomic E-state index is 0.122. The second-order valence-electron chi connectivity index (χ2n) is 8.04. The zero-order valence-electron chi connectivity index (χ0n) is 19.4. The van der Waals surface area contributed by atoms with Crippen LogP contribution in [0, 0.1) is 13.8 Å². The van der Waals surface area contributed by atoms with Crippen LogP contribution in [0.5, 0.6) is 5.75 Å². The number of aromatic hydroxyl groups is 1. The molecule has 0 atom stereocenters. The highest BCUT2D eigenvalue weighted by Gasteiger charge is 2.15. The van der Waals surface area contributed by atoms with Gasteiger partial charge in [-0.1, -0.05) is 18.2 Å². The number of rotatable bonds is 6. The van der Waals surface area contributed by atoms with E-state index in [4.69, 9.17) is 0 Å². The zero-order valence-corrected chi connectivity index (χ0v) is 21.1. The van der Waals surface area contributed by atoms with Gasteiger partial charge < -0.3 is 5.11 Å². The summed E-state index contributed by atoms with van der Waals surface area (Å²) in [6, 6.07) is 16.0. The number of aryl methyl sites for hydroxylation is 1. The number of phenols is 1. The lowest BCUT2D eigenvalue weighted by molar-refractivity contribution is 0.477. The molecule has 190 valence electrons. The molecule has 0 unspecified atom stereocenters. The molecule has 0 saturated heterocycles. The predicted octanol–water partition coefficient (Wildman–Crippen LogP) is 6.49. The Morgan fingerprint density at radius 3 is 2.11 bits per heavy atom. The smallest absolute Gasteiger partial charge is 0.294 e. The first kappa shape index (κ1) is 26.0. The fourth-order valence-electron chi connectivity index (χ4n) is 3.57. The third kappa shape index (κ3) is 5.70. The summed E-state index contributed by atoms with van der Waals surface area (Å²) in [5.41, 5.74) is 2.26. The summed E-state index contributed by atoms with van der Waals surface area (Å²) < 4.78 is 64.4. The van der Waals surface area contributed by atoms with Crippen molar-refractivity contribution in [2.45, 2.75) is 23.6 Å². The van der Waals surface area contributed by atoms with Crippen molar-refractivity contribution in [1.82, 2.24) is 0 Å². The molecule has 4 aromatic carbocycles. The van der Waals surface area contributed by atoms with Crippen molar-refractivity contribution >= 4 is 53.8 Å². The van der Waals surface area contributed by atoms with Crippen LogP contribution < -0.4 is 0 Å². The average Bonchev–Trinajstić information content (AvgIpc) is 2.82. The summed E-state index contributed by atoms with van der Waals surface area (Å²) in [5, 5.41) is 27.7. The predicted molar refractivity (Wildman–Crippen MR) is 136 cm³/mol. The van der Waals surface area contributed by atoms with Crippen LogP contribution >= 0.6 is 0 Å². The quantitative estimate of drug-likeness (QED) is 0.185. The van der Waals surface area contributed by atoms with Crippen LogP contribution in [-0.2, 0) is 20.2 Å². The summed E-state index contributed by atoms with van der Waals surface area (Å²) >= 11 is 0. The van der Waals surface area contributed by atoms with Crippen LogP contribution in [-0.4, -0.2) is 31.0 Å². The molecule has 0 aliphatic carbocycles. The second-order valence-corrected chi connectivity index (χ2v) is 10.8. The zero-order chi connectivity index (χ0) is 27.0. The minimum atomic E-state index is -4.39. The highest BCUT2D eigenvalue weighted by molar-refractivity contribution is 7.86. The molecule has 13 heteroatoms. The Balaban J connectivity index is 1.63. The van der Waals surface area contributed by atoms with Gasteiger partial charge in [-0.2, -0.15) is 32.2 Å². The van der Waals surface area contributed by atoms with E-state index >= 15 is 0 Å². The third-order valence-electron chi connectivity index (χ3n) is 5.48. The van der Waals surface area contributed by atoms with E-state index in [1.807, 2.05) is 0 Å². The van der Waals surface area contributed by atoms with Gasteiger partial charge in [-0.3, -0.25) is 9.11 Å². The molecular weight excluding hydrogens is 520 g/mol. The molecule has 0 radical (unpaired) electrons. The van der Waals surface area contributed by atoms with Gasteiger partial charge in [0.1, 0.15) is 11.4 Å². The molecule has 0 amide bonds. The van der Waals surface area contributed by atoms with Gasteiger partial charge in [0, 0.05) is 5.39 Å². The van der Waals surface area contributed by atoms with E-state index in [9.17, 15) is 31.0 Å². The minimum Gasteiger partial charge on any atom is -0.506 e. The van der Waals surface area contributed by atoms with E-state index in [-0.39, 0.29) is 32.5 Å². The molecular formula is C24H20N4O7S2. The largest absolute Gasteiger partial charge is 0.506 e. The van der Waals surface area contributed by atoms with Gasteiger partial charge >= 0.3 is 0 Å². The highest BCUT2D eigenvalue weighted by Crippen LogP contribution is 2.37. The van der Waals surface area contributed by atoms with Crippen LogP contribution in [0.1, 0.15) is 11.1 Å². The summed E-state index contributed by atoms with van der Waals surface area (Å²) in [5.74, 6) is -0.165. The maximum atomic E-state index is 11.5. The number of fused-ring (bicyclic) bond motifs is 1. The first-order valence-electron chi connectivity index (χ1n) is 10.6. The van der Waals surface area contributed by atoms with Gasteiger partial charge in [-0.05, 0) is 78.9 Å². The van der Waals surface area contributed by atoms with Gasteiger partial charge in [0.25, 0.3) is 20.2 Å². The summed E-state index contributed by atoms with van der Waals surface area (Å²) in [6.07, 6.45) is 0. The topological polar surface area (TPSA) is 178 Å². The maximum absolute atomic E-state index is 11.5. The normalized spacial score (nSPS) is 12.6. The summed E-state index contributed by atoms with van der Waals surface area (Å²) in [6.45, 7) is 3.28. The number of phenolic OH excluding ortho intramolecular Hbond substituents is 1. The average molecular weight is 541 g/mol. The van der Waals surface area contributed by atoms with Gasteiger partial charge in [0.05, 0.1) is 26.9 Å². The van der Waals surface area contributed by atoms with Gasteiger partial charge in [0.15, 0.2) is 0 Å². The molecule has 0 fully saturated rings. The molecule has 0 aromatic heterocycles. The fourth-order valence-corrected chi connectivity index (χ4v) is 4.82. The Morgan fingerprint density at radius 2 is 1.43 bits per heavy atom. The van der Waals surface area contributed by atoms with Gasteiger partial charge in [-0.25, -0.2) is 0 Å². The lowest BCUT2D eigenvalue weighted by atomic mass is 10.1. The molecule has 11 nitrogen and oxygen atoms in total. The van der Waals surface area contributed by atoms with Crippen molar-refractivity contribution < 1.29 is 31.0 Å². The Hall–Kier alpha value is -4.04. The molecule has 4 aromatic rings.